The van der Waals surface area contributed by atoms with Gasteiger partial charge < -0.3 is 0 Å². The summed E-state index contributed by atoms with van der Waals surface area (Å²) in [5.74, 6) is 0. The summed E-state index contributed by atoms with van der Waals surface area (Å²) in [5, 5.41) is 0. The standard InChI is InChI=1S/C5H7B2/c1-4-3-5(2)7-6-4/h3H,1-2H3. The van der Waals surface area contributed by atoms with Crippen molar-refractivity contribution < 1.29 is 0 Å². The van der Waals surface area contributed by atoms with Crippen LogP contribution in [0.2, 0.25) is 0 Å². The van der Waals surface area contributed by atoms with Gasteiger partial charge >= 0.3 is 44.8 Å². The van der Waals surface area contributed by atoms with Crippen molar-refractivity contribution in [2.75, 3.05) is 0 Å². The molecule has 1 heterocycles. The van der Waals surface area contributed by atoms with E-state index in [0.29, 0.717) is 0 Å². The predicted molar refractivity (Wildman–Crippen MR) is 35.9 cm³/mol. The van der Waals surface area contributed by atoms with Crippen LogP contribution < -0.4 is 0 Å². The summed E-state index contributed by atoms with van der Waals surface area (Å²) >= 11 is 0. The third kappa shape index (κ3) is 1.05. The summed E-state index contributed by atoms with van der Waals surface area (Å²) in [6.07, 6.45) is 2.17. The van der Waals surface area contributed by atoms with E-state index in [1.165, 1.54) is 10.9 Å². The Morgan fingerprint density at radius 1 is 1.43 bits per heavy atom. The fraction of sp³-hybridized carbons (Fsp3) is 0.400. The van der Waals surface area contributed by atoms with Crippen LogP contribution in [0.5, 0.6) is 0 Å². The average Bonchev–Trinajstić information content (AvgIpc) is 1.87. The van der Waals surface area contributed by atoms with Gasteiger partial charge in [-0.05, 0) is 0 Å². The molecule has 2 heteroatoms. The van der Waals surface area contributed by atoms with Crippen molar-refractivity contribution in [1.82, 2.24) is 0 Å². The molecule has 0 spiro atoms. The SMILES string of the molecule is CC1=B[B]C(C)=C1. The molecule has 0 atom stereocenters. The average molecular weight is 88.7 g/mol. The van der Waals surface area contributed by atoms with Crippen LogP contribution in [0.15, 0.2) is 11.5 Å². The van der Waals surface area contributed by atoms with Gasteiger partial charge in [0.05, 0.1) is 0 Å². The molecular formula is C5H7B2. The molecule has 0 saturated heterocycles. The molecule has 0 aromatic carbocycles. The van der Waals surface area contributed by atoms with Crippen molar-refractivity contribution in [3.63, 3.8) is 0 Å². The normalized spacial score (nSPS) is 16.9. The third-order valence-electron chi connectivity index (χ3n) is 1.06. The third-order valence-corrected chi connectivity index (χ3v) is 1.06. The first-order valence-electron chi connectivity index (χ1n) is 2.49. The molecule has 1 radical (unpaired) electrons. The molecule has 0 amide bonds. The van der Waals surface area contributed by atoms with E-state index in [9.17, 15) is 0 Å². The Hall–Kier alpha value is -0.260. The van der Waals surface area contributed by atoms with E-state index in [0.717, 1.165) is 0 Å². The minimum absolute atomic E-state index is 1.36. The summed E-state index contributed by atoms with van der Waals surface area (Å²) in [5.41, 5.74) is 2.72. The molecule has 0 nitrogen and oxygen atoms in total. The Balaban J connectivity index is 2.69. The number of hydrogen-bond acceptors (Lipinski definition) is 0. The van der Waals surface area contributed by atoms with Crippen LogP contribution in [0.4, 0.5) is 0 Å². The monoisotopic (exact) mass is 89.1 g/mol. The molecule has 1 aliphatic heterocycles. The number of rotatable bonds is 0. The van der Waals surface area contributed by atoms with E-state index in [1.807, 2.05) is 0 Å². The zero-order valence-corrected chi connectivity index (χ0v) is 4.73. The molecule has 0 aromatic rings. The van der Waals surface area contributed by atoms with Gasteiger partial charge in [-0.1, -0.05) is 0 Å². The zero-order chi connectivity index (χ0) is 5.28. The van der Waals surface area contributed by atoms with Gasteiger partial charge in [-0.25, -0.2) is 0 Å². The van der Waals surface area contributed by atoms with Gasteiger partial charge in [0.15, 0.2) is 0 Å². The van der Waals surface area contributed by atoms with Crippen LogP contribution in [0.1, 0.15) is 13.8 Å². The quantitative estimate of drug-likeness (QED) is 0.377. The molecule has 7 heavy (non-hydrogen) atoms. The topological polar surface area (TPSA) is 0 Å². The van der Waals surface area contributed by atoms with Crippen molar-refractivity contribution in [3.05, 3.63) is 11.5 Å². The van der Waals surface area contributed by atoms with Gasteiger partial charge in [-0.15, -0.1) is 0 Å². The molecule has 1 aliphatic rings. The minimum atomic E-state index is 1.36. The summed E-state index contributed by atoms with van der Waals surface area (Å²) in [6, 6.07) is 0. The fourth-order valence-corrected chi connectivity index (χ4v) is 0.718. The Morgan fingerprint density at radius 2 is 2.14 bits per heavy atom. The van der Waals surface area contributed by atoms with Crippen LogP contribution >= 0.6 is 0 Å². The first kappa shape index (κ1) is 4.89. The van der Waals surface area contributed by atoms with Crippen LogP contribution in [0.25, 0.3) is 0 Å². The van der Waals surface area contributed by atoms with Crippen molar-refractivity contribution >= 4 is 19.4 Å². The summed E-state index contributed by atoms with van der Waals surface area (Å²) in [4.78, 5) is 0. The van der Waals surface area contributed by atoms with Gasteiger partial charge in [0, 0.05) is 0 Å². The van der Waals surface area contributed by atoms with Crippen molar-refractivity contribution in [3.8, 4) is 0 Å². The van der Waals surface area contributed by atoms with Crippen molar-refractivity contribution in [2.45, 2.75) is 13.8 Å². The van der Waals surface area contributed by atoms with Crippen LogP contribution in [-0.4, -0.2) is 19.4 Å². The summed E-state index contributed by atoms with van der Waals surface area (Å²) < 4.78 is 0. The fourth-order valence-electron chi connectivity index (χ4n) is 0.718. The Morgan fingerprint density at radius 3 is 2.29 bits per heavy atom. The molecule has 33 valence electrons. The predicted octanol–water partition coefficient (Wildman–Crippen LogP) is 0.419. The summed E-state index contributed by atoms with van der Waals surface area (Å²) in [7, 11) is 2.12. The van der Waals surface area contributed by atoms with Crippen LogP contribution in [0.3, 0.4) is 0 Å². The van der Waals surface area contributed by atoms with E-state index >= 15 is 0 Å². The number of allylic oxidation sites excluding steroid dienone is 2. The molecular weight excluding hydrogens is 81.7 g/mol. The Labute approximate surface area is 45.7 Å². The van der Waals surface area contributed by atoms with E-state index < -0.39 is 0 Å². The first-order chi connectivity index (χ1) is 3.29. The van der Waals surface area contributed by atoms with Crippen LogP contribution in [-0.2, 0) is 0 Å². The molecule has 0 bridgehead atoms. The second-order valence-corrected chi connectivity index (χ2v) is 1.97. The molecule has 0 N–H and O–H groups in total. The summed E-state index contributed by atoms with van der Waals surface area (Å²) in [6.45, 7) is 6.33. The van der Waals surface area contributed by atoms with Crippen molar-refractivity contribution in [2.24, 2.45) is 0 Å². The second-order valence-electron chi connectivity index (χ2n) is 1.97. The van der Waals surface area contributed by atoms with E-state index in [4.69, 9.17) is 0 Å². The van der Waals surface area contributed by atoms with Gasteiger partial charge in [0.2, 0.25) is 0 Å². The van der Waals surface area contributed by atoms with Crippen LogP contribution in [0, 0.1) is 0 Å². The maximum atomic E-state index is 2.17. The molecule has 0 unspecified atom stereocenters. The van der Waals surface area contributed by atoms with Gasteiger partial charge in [0.25, 0.3) is 0 Å². The van der Waals surface area contributed by atoms with Gasteiger partial charge in [0.1, 0.15) is 0 Å². The second kappa shape index (κ2) is 1.69. The van der Waals surface area contributed by atoms with E-state index in [-0.39, 0.29) is 0 Å². The number of hydrogen-bond donors (Lipinski definition) is 0. The molecule has 0 aromatic heterocycles. The Kier molecular flexibility index (Phi) is 1.18. The Bertz CT molecular complexity index is 133. The molecule has 0 aliphatic carbocycles. The van der Waals surface area contributed by atoms with E-state index in [2.05, 4.69) is 33.9 Å². The molecule has 0 fully saturated rings. The van der Waals surface area contributed by atoms with Gasteiger partial charge in [-0.3, -0.25) is 0 Å². The van der Waals surface area contributed by atoms with E-state index in [1.54, 1.807) is 0 Å². The maximum absolute atomic E-state index is 2.17. The van der Waals surface area contributed by atoms with Gasteiger partial charge in [-0.2, -0.15) is 0 Å². The molecule has 0 saturated carbocycles. The zero-order valence-electron chi connectivity index (χ0n) is 4.73. The van der Waals surface area contributed by atoms with Crippen molar-refractivity contribution in [1.29, 1.82) is 0 Å². The first-order valence-corrected chi connectivity index (χ1v) is 2.49. The molecule has 1 rings (SSSR count).